The molecule has 4 rings (SSSR count). The third-order valence-electron chi connectivity index (χ3n) is 4.56. The van der Waals surface area contributed by atoms with Crippen molar-refractivity contribution in [3.63, 3.8) is 0 Å². The number of aliphatic imine (C=N–C) groups is 1. The van der Waals surface area contributed by atoms with E-state index in [0.29, 0.717) is 10.9 Å². The number of hydrogen-bond donors (Lipinski definition) is 1. The monoisotopic (exact) mass is 380 g/mol. The number of aromatic nitrogens is 3. The van der Waals surface area contributed by atoms with Gasteiger partial charge in [-0.25, -0.2) is 9.98 Å². The summed E-state index contributed by atoms with van der Waals surface area (Å²) in [6.45, 7) is 0.851. The van der Waals surface area contributed by atoms with Crippen LogP contribution >= 0.6 is 11.6 Å². The molecule has 0 bridgehead atoms. The molecule has 0 aliphatic carbocycles. The van der Waals surface area contributed by atoms with Crippen LogP contribution in [0.5, 0.6) is 0 Å². The average Bonchev–Trinajstić information content (AvgIpc) is 3.11. The fraction of sp³-hybridized carbons (Fsp3) is 0.250. The second-order valence-electron chi connectivity index (χ2n) is 6.49. The molecular formula is C20H21ClN6. The Hall–Kier alpha value is -2.70. The number of nitrogens with zero attached hydrogens (tertiary/aromatic N) is 5. The molecule has 1 aliphatic heterocycles. The van der Waals surface area contributed by atoms with E-state index >= 15 is 0 Å². The van der Waals surface area contributed by atoms with E-state index in [1.807, 2.05) is 59.4 Å². The Bertz CT molecular complexity index is 978. The van der Waals surface area contributed by atoms with Crippen molar-refractivity contribution in [2.45, 2.75) is 19.1 Å². The van der Waals surface area contributed by atoms with Crippen LogP contribution in [0.25, 0.3) is 11.0 Å². The van der Waals surface area contributed by atoms with Crippen molar-refractivity contribution in [3.05, 3.63) is 71.9 Å². The highest BCUT2D eigenvalue weighted by Gasteiger charge is 2.22. The lowest BCUT2D eigenvalue weighted by Crippen LogP contribution is -2.43. The van der Waals surface area contributed by atoms with Crippen molar-refractivity contribution < 1.29 is 0 Å². The van der Waals surface area contributed by atoms with E-state index in [4.69, 9.17) is 16.6 Å². The molecule has 0 radical (unpaired) electrons. The molecule has 0 unspecified atom stereocenters. The Balaban J connectivity index is 1.46. The van der Waals surface area contributed by atoms with Gasteiger partial charge in [0.05, 0.1) is 16.1 Å². The minimum Gasteiger partial charge on any atom is -0.345 e. The number of nitrogens with one attached hydrogen (secondary N) is 1. The molecule has 1 atom stereocenters. The number of benzene rings is 1. The molecule has 1 aromatic carbocycles. The summed E-state index contributed by atoms with van der Waals surface area (Å²) in [6.07, 6.45) is 9.19. The summed E-state index contributed by atoms with van der Waals surface area (Å²) in [5.74, 6) is 0.704. The number of pyridine rings is 1. The van der Waals surface area contributed by atoms with Crippen molar-refractivity contribution in [2.24, 2.45) is 4.99 Å². The molecule has 1 N–H and O–H groups in total. The van der Waals surface area contributed by atoms with Crippen LogP contribution < -0.4 is 5.32 Å². The predicted octanol–water partition coefficient (Wildman–Crippen LogP) is 3.21. The lowest BCUT2D eigenvalue weighted by Gasteiger charge is -2.29. The Morgan fingerprint density at radius 2 is 1.96 bits per heavy atom. The smallest absolute Gasteiger partial charge is 0.178 e. The van der Waals surface area contributed by atoms with Gasteiger partial charge in [0.15, 0.2) is 12.1 Å². The van der Waals surface area contributed by atoms with Crippen LogP contribution in [0.3, 0.4) is 0 Å². The van der Waals surface area contributed by atoms with Crippen LogP contribution in [0.15, 0.2) is 71.3 Å². The summed E-state index contributed by atoms with van der Waals surface area (Å²) < 4.78 is 1.94. The molecule has 0 fully saturated rings. The number of hydrogen-bond acceptors (Lipinski definition) is 5. The zero-order valence-corrected chi connectivity index (χ0v) is 15.8. The molecule has 0 amide bonds. The summed E-state index contributed by atoms with van der Waals surface area (Å²) >= 11 is 6.48. The van der Waals surface area contributed by atoms with Gasteiger partial charge in [-0.3, -0.25) is 14.9 Å². The lowest BCUT2D eigenvalue weighted by molar-refractivity contribution is 0.279. The number of allylic oxidation sites excluding steroid dienone is 1. The fourth-order valence-corrected chi connectivity index (χ4v) is 3.44. The lowest BCUT2D eigenvalue weighted by atomic mass is 10.1. The van der Waals surface area contributed by atoms with E-state index in [0.717, 1.165) is 30.4 Å². The van der Waals surface area contributed by atoms with Crippen molar-refractivity contribution in [1.82, 2.24) is 24.8 Å². The number of imidazole rings is 1. The molecule has 0 saturated heterocycles. The first-order valence-electron chi connectivity index (χ1n) is 8.94. The first kappa shape index (κ1) is 17.7. The van der Waals surface area contributed by atoms with Gasteiger partial charge < -0.3 is 4.90 Å². The normalized spacial score (nSPS) is 17.1. The number of aryl methyl sites for hydroxylation is 1. The van der Waals surface area contributed by atoms with Crippen LogP contribution in [0.2, 0.25) is 0 Å². The summed E-state index contributed by atoms with van der Waals surface area (Å²) in [5.41, 5.74) is 3.20. The summed E-state index contributed by atoms with van der Waals surface area (Å²) in [6, 6.07) is 12.1. The molecule has 27 heavy (non-hydrogen) atoms. The number of halogens is 1. The Morgan fingerprint density at radius 1 is 1.15 bits per heavy atom. The highest BCUT2D eigenvalue weighted by molar-refractivity contribution is 6.43. The fourth-order valence-electron chi connectivity index (χ4n) is 3.14. The molecular weight excluding hydrogens is 360 g/mol. The summed E-state index contributed by atoms with van der Waals surface area (Å²) in [5, 5.41) is 4.08. The van der Waals surface area contributed by atoms with Gasteiger partial charge in [-0.2, -0.15) is 0 Å². The maximum absolute atomic E-state index is 6.48. The van der Waals surface area contributed by atoms with E-state index in [9.17, 15) is 0 Å². The Kier molecular flexibility index (Phi) is 5.18. The minimum atomic E-state index is -0.166. The Labute approximate surface area is 163 Å². The van der Waals surface area contributed by atoms with Crippen LogP contribution in [0, 0.1) is 0 Å². The summed E-state index contributed by atoms with van der Waals surface area (Å²) in [7, 11) is 1.97. The van der Waals surface area contributed by atoms with Crippen LogP contribution in [-0.2, 0) is 6.42 Å². The van der Waals surface area contributed by atoms with Crippen LogP contribution in [0.1, 0.15) is 12.0 Å². The van der Waals surface area contributed by atoms with Gasteiger partial charge in [-0.15, -0.1) is 0 Å². The van der Waals surface area contributed by atoms with Gasteiger partial charge in [0.25, 0.3) is 0 Å². The number of rotatable bonds is 5. The van der Waals surface area contributed by atoms with Crippen molar-refractivity contribution in [3.8, 4) is 0 Å². The minimum absolute atomic E-state index is 0.166. The maximum atomic E-state index is 6.48. The second-order valence-corrected chi connectivity index (χ2v) is 6.89. The van der Waals surface area contributed by atoms with E-state index in [-0.39, 0.29) is 6.29 Å². The first-order valence-corrected chi connectivity index (χ1v) is 9.32. The second kappa shape index (κ2) is 7.90. The average molecular weight is 381 g/mol. The van der Waals surface area contributed by atoms with Gasteiger partial charge in [0.2, 0.25) is 0 Å². The zero-order valence-electron chi connectivity index (χ0n) is 15.1. The van der Waals surface area contributed by atoms with E-state index < -0.39 is 0 Å². The van der Waals surface area contributed by atoms with Crippen LogP contribution in [-0.4, -0.2) is 45.2 Å². The number of para-hydroxylation sites is 2. The molecule has 6 nitrogen and oxygen atoms in total. The zero-order chi connectivity index (χ0) is 18.6. The topological polar surface area (TPSA) is 58.3 Å². The summed E-state index contributed by atoms with van der Waals surface area (Å²) in [4.78, 5) is 15.3. The molecule has 2 aromatic heterocycles. The third kappa shape index (κ3) is 3.86. The molecule has 1 aliphatic rings. The quantitative estimate of drug-likeness (QED) is 0.690. The SMILES string of the molecule is CN1C=C(Cl)C(n2cnc3ccccc32)=N[C@@H]1NCCCc1ccncc1. The Morgan fingerprint density at radius 3 is 2.81 bits per heavy atom. The predicted molar refractivity (Wildman–Crippen MR) is 109 cm³/mol. The highest BCUT2D eigenvalue weighted by atomic mass is 35.5. The van der Waals surface area contributed by atoms with Gasteiger partial charge in [0, 0.05) is 25.6 Å². The standard InChI is InChI=1S/C20H21ClN6/c1-26-13-16(21)19(27-14-24-17-6-2-3-7-18(17)27)25-20(26)23-10-4-5-15-8-11-22-12-9-15/h2-3,6-9,11-14,20,23H,4-5,10H2,1H3/t20-/m0/s1. The third-order valence-corrected chi connectivity index (χ3v) is 4.83. The molecule has 3 aromatic rings. The maximum Gasteiger partial charge on any atom is 0.178 e. The molecule has 138 valence electrons. The number of fused-ring (bicyclic) bond motifs is 1. The van der Waals surface area contributed by atoms with E-state index in [1.165, 1.54) is 5.56 Å². The van der Waals surface area contributed by atoms with E-state index in [2.05, 4.69) is 27.4 Å². The van der Waals surface area contributed by atoms with Gasteiger partial charge in [-0.05, 0) is 49.2 Å². The molecule has 3 heterocycles. The van der Waals surface area contributed by atoms with Crippen LogP contribution in [0.4, 0.5) is 0 Å². The highest BCUT2D eigenvalue weighted by Crippen LogP contribution is 2.20. The van der Waals surface area contributed by atoms with Crippen molar-refractivity contribution in [1.29, 1.82) is 0 Å². The van der Waals surface area contributed by atoms with Gasteiger partial charge in [-0.1, -0.05) is 23.7 Å². The molecule has 0 saturated carbocycles. The molecule has 7 heteroatoms. The molecule has 0 spiro atoms. The van der Waals surface area contributed by atoms with E-state index in [1.54, 1.807) is 6.33 Å². The van der Waals surface area contributed by atoms with Gasteiger partial charge >= 0.3 is 0 Å². The largest absolute Gasteiger partial charge is 0.345 e. The van der Waals surface area contributed by atoms with Crippen molar-refractivity contribution in [2.75, 3.05) is 13.6 Å². The van der Waals surface area contributed by atoms with Gasteiger partial charge in [0.1, 0.15) is 6.33 Å². The van der Waals surface area contributed by atoms with Crippen molar-refractivity contribution >= 4 is 28.5 Å². The first-order chi connectivity index (χ1) is 13.2.